The Hall–Kier alpha value is -1.08. The van der Waals surface area contributed by atoms with Crippen LogP contribution in [-0.2, 0) is 4.79 Å². The molecule has 0 bridgehead atoms. The van der Waals surface area contributed by atoms with E-state index in [1.807, 2.05) is 0 Å². The Morgan fingerprint density at radius 2 is 2.26 bits per heavy atom. The van der Waals surface area contributed by atoms with Gasteiger partial charge in [-0.2, -0.15) is 0 Å². The van der Waals surface area contributed by atoms with Crippen LogP contribution in [0.25, 0.3) is 0 Å². The van der Waals surface area contributed by atoms with Crippen molar-refractivity contribution in [3.63, 3.8) is 0 Å². The van der Waals surface area contributed by atoms with Gasteiger partial charge in [-0.05, 0) is 31.9 Å². The summed E-state index contributed by atoms with van der Waals surface area (Å²) < 4.78 is 0.652. The molecule has 1 fully saturated rings. The van der Waals surface area contributed by atoms with Crippen molar-refractivity contribution in [1.82, 2.24) is 5.32 Å². The third-order valence-corrected chi connectivity index (χ3v) is 4.37. The van der Waals surface area contributed by atoms with Gasteiger partial charge in [-0.25, -0.2) is 0 Å². The second-order valence-electron chi connectivity index (χ2n) is 4.41. The number of thioether (sulfide) groups is 1. The van der Waals surface area contributed by atoms with Gasteiger partial charge in [0, 0.05) is 16.6 Å². The smallest absolute Gasteiger partial charge is 0.284 e. The van der Waals surface area contributed by atoms with Crippen LogP contribution < -0.4 is 5.32 Å². The molecule has 19 heavy (non-hydrogen) atoms. The first-order valence-electron chi connectivity index (χ1n) is 5.88. The zero-order chi connectivity index (χ0) is 14.0. The van der Waals surface area contributed by atoms with Gasteiger partial charge in [-0.15, -0.1) is 11.8 Å². The maximum absolute atomic E-state index is 11.8. The van der Waals surface area contributed by atoms with Gasteiger partial charge < -0.3 is 5.32 Å². The molecular formula is C12H13BrN2O3S. The minimum atomic E-state index is -0.432. The van der Waals surface area contributed by atoms with Crippen molar-refractivity contribution in [3.05, 3.63) is 32.8 Å². The highest BCUT2D eigenvalue weighted by Crippen LogP contribution is 2.34. The maximum Gasteiger partial charge on any atom is 0.284 e. The Morgan fingerprint density at radius 1 is 1.58 bits per heavy atom. The molecule has 0 unspecified atom stereocenters. The Morgan fingerprint density at radius 3 is 2.84 bits per heavy atom. The summed E-state index contributed by atoms with van der Waals surface area (Å²) in [6.45, 7) is 1.76. The molecule has 1 aliphatic rings. The standard InChI is InChI=1S/C12H13BrN2O3S/c1-7(12(16)14-9-3-4-9)19-11-5-2-8(13)6-10(11)15(17)18/h2,5-7,9H,3-4H2,1H3,(H,14,16)/t7-/m0/s1. The molecule has 7 heteroatoms. The number of benzene rings is 1. The summed E-state index contributed by atoms with van der Waals surface area (Å²) in [6, 6.07) is 5.15. The van der Waals surface area contributed by atoms with Gasteiger partial charge in [0.2, 0.25) is 5.91 Å². The molecule has 1 atom stereocenters. The van der Waals surface area contributed by atoms with Crippen molar-refractivity contribution >= 4 is 39.3 Å². The quantitative estimate of drug-likeness (QED) is 0.506. The minimum absolute atomic E-state index is 0.0189. The molecule has 1 saturated carbocycles. The predicted octanol–water partition coefficient (Wildman–Crippen LogP) is 3.12. The molecule has 0 spiro atoms. The van der Waals surface area contributed by atoms with Crippen molar-refractivity contribution in [2.75, 3.05) is 0 Å². The molecule has 0 saturated heterocycles. The average Bonchev–Trinajstić information content (AvgIpc) is 3.14. The first kappa shape index (κ1) is 14.3. The molecule has 0 radical (unpaired) electrons. The van der Waals surface area contributed by atoms with Crippen LogP contribution in [-0.4, -0.2) is 22.1 Å². The SMILES string of the molecule is C[C@H](Sc1ccc(Br)cc1[N+](=O)[O-])C(=O)NC1CC1. The zero-order valence-electron chi connectivity index (χ0n) is 10.3. The summed E-state index contributed by atoms with van der Waals surface area (Å²) >= 11 is 4.42. The molecular weight excluding hydrogens is 332 g/mol. The van der Waals surface area contributed by atoms with Crippen LogP contribution in [0, 0.1) is 10.1 Å². The number of carbonyl (C=O) groups excluding carboxylic acids is 1. The van der Waals surface area contributed by atoms with Crippen LogP contribution in [0.5, 0.6) is 0 Å². The molecule has 0 aliphatic heterocycles. The lowest BCUT2D eigenvalue weighted by atomic mass is 10.3. The molecule has 1 N–H and O–H groups in total. The number of nitrogens with zero attached hydrogens (tertiary/aromatic N) is 1. The van der Waals surface area contributed by atoms with E-state index >= 15 is 0 Å². The van der Waals surface area contributed by atoms with E-state index in [9.17, 15) is 14.9 Å². The molecule has 1 aromatic carbocycles. The fraction of sp³-hybridized carbons (Fsp3) is 0.417. The molecule has 0 aromatic heterocycles. The summed E-state index contributed by atoms with van der Waals surface area (Å²) in [6.07, 6.45) is 2.06. The van der Waals surface area contributed by atoms with Crippen LogP contribution in [0.4, 0.5) is 5.69 Å². The van der Waals surface area contributed by atoms with Crippen LogP contribution in [0.2, 0.25) is 0 Å². The summed E-state index contributed by atoms with van der Waals surface area (Å²) in [5, 5.41) is 13.5. The van der Waals surface area contributed by atoms with E-state index < -0.39 is 4.92 Å². The van der Waals surface area contributed by atoms with Crippen molar-refractivity contribution in [2.24, 2.45) is 0 Å². The lowest BCUT2D eigenvalue weighted by Gasteiger charge is -2.11. The largest absolute Gasteiger partial charge is 0.352 e. The topological polar surface area (TPSA) is 72.2 Å². The van der Waals surface area contributed by atoms with Gasteiger partial charge in [-0.3, -0.25) is 14.9 Å². The number of nitro groups is 1. The Balaban J connectivity index is 2.08. The van der Waals surface area contributed by atoms with Crippen molar-refractivity contribution in [3.8, 4) is 0 Å². The third kappa shape index (κ3) is 3.94. The van der Waals surface area contributed by atoms with Crippen LogP contribution in [0.15, 0.2) is 27.6 Å². The highest BCUT2D eigenvalue weighted by molar-refractivity contribution is 9.10. The van der Waals surface area contributed by atoms with Gasteiger partial charge in [0.15, 0.2) is 0 Å². The highest BCUT2D eigenvalue weighted by atomic mass is 79.9. The molecule has 1 aliphatic carbocycles. The number of hydrogen-bond donors (Lipinski definition) is 1. The molecule has 1 amide bonds. The summed E-state index contributed by atoms with van der Waals surface area (Å²) in [7, 11) is 0. The Kier molecular flexibility index (Phi) is 4.46. The van der Waals surface area contributed by atoms with Gasteiger partial charge >= 0.3 is 0 Å². The highest BCUT2D eigenvalue weighted by Gasteiger charge is 2.27. The molecule has 5 nitrogen and oxygen atoms in total. The van der Waals surface area contributed by atoms with Crippen molar-refractivity contribution < 1.29 is 9.72 Å². The second-order valence-corrected chi connectivity index (χ2v) is 6.71. The Labute approximate surface area is 123 Å². The van der Waals surface area contributed by atoms with Gasteiger partial charge in [0.05, 0.1) is 15.1 Å². The lowest BCUT2D eigenvalue weighted by molar-refractivity contribution is -0.387. The van der Waals surface area contributed by atoms with Crippen molar-refractivity contribution in [2.45, 2.75) is 36.0 Å². The van der Waals surface area contributed by atoms with E-state index in [4.69, 9.17) is 0 Å². The van der Waals surface area contributed by atoms with Crippen molar-refractivity contribution in [1.29, 1.82) is 0 Å². The number of rotatable bonds is 5. The van der Waals surface area contributed by atoms with Gasteiger partial charge in [0.1, 0.15) is 0 Å². The number of amides is 1. The van der Waals surface area contributed by atoms with E-state index in [-0.39, 0.29) is 16.8 Å². The van der Waals surface area contributed by atoms with Crippen LogP contribution >= 0.6 is 27.7 Å². The van der Waals surface area contributed by atoms with Gasteiger partial charge in [-0.1, -0.05) is 15.9 Å². The fourth-order valence-electron chi connectivity index (χ4n) is 1.52. The molecule has 0 heterocycles. The third-order valence-electron chi connectivity index (χ3n) is 2.71. The Bertz CT molecular complexity index is 520. The first-order valence-corrected chi connectivity index (χ1v) is 7.55. The normalized spacial score (nSPS) is 15.9. The summed E-state index contributed by atoms with van der Waals surface area (Å²) in [4.78, 5) is 22.9. The molecule has 102 valence electrons. The van der Waals surface area contributed by atoms with E-state index in [1.54, 1.807) is 19.1 Å². The monoisotopic (exact) mass is 344 g/mol. The van der Waals surface area contributed by atoms with E-state index in [0.29, 0.717) is 15.4 Å². The van der Waals surface area contributed by atoms with Crippen LogP contribution in [0.3, 0.4) is 0 Å². The number of carbonyl (C=O) groups is 1. The molecule has 1 aromatic rings. The number of hydrogen-bond acceptors (Lipinski definition) is 4. The zero-order valence-corrected chi connectivity index (χ0v) is 12.7. The fourth-order valence-corrected chi connectivity index (χ4v) is 2.83. The number of nitrogens with one attached hydrogen (secondary N) is 1. The molecule has 2 rings (SSSR count). The lowest BCUT2D eigenvalue weighted by Crippen LogP contribution is -2.32. The predicted molar refractivity (Wildman–Crippen MR) is 77.3 cm³/mol. The summed E-state index contributed by atoms with van der Waals surface area (Å²) in [5.41, 5.74) is 0.0189. The first-order chi connectivity index (χ1) is 8.97. The van der Waals surface area contributed by atoms with Gasteiger partial charge in [0.25, 0.3) is 5.69 Å². The average molecular weight is 345 g/mol. The number of halogens is 1. The number of nitro benzene ring substituents is 1. The maximum atomic E-state index is 11.8. The van der Waals surface area contributed by atoms with E-state index in [2.05, 4.69) is 21.2 Å². The summed E-state index contributed by atoms with van der Waals surface area (Å²) in [5.74, 6) is -0.0651. The minimum Gasteiger partial charge on any atom is -0.352 e. The second kappa shape index (κ2) is 5.92. The van der Waals surface area contributed by atoms with E-state index in [1.165, 1.54) is 17.8 Å². The van der Waals surface area contributed by atoms with E-state index in [0.717, 1.165) is 12.8 Å². The van der Waals surface area contributed by atoms with Crippen LogP contribution in [0.1, 0.15) is 19.8 Å².